The van der Waals surface area contributed by atoms with E-state index in [-0.39, 0.29) is 36.5 Å². The van der Waals surface area contributed by atoms with Crippen LogP contribution < -0.4 is 21.3 Å². The summed E-state index contributed by atoms with van der Waals surface area (Å²) < 4.78 is 44.8. The third-order valence-corrected chi connectivity index (χ3v) is 3.12. The summed E-state index contributed by atoms with van der Waals surface area (Å²) >= 11 is 0. The summed E-state index contributed by atoms with van der Waals surface area (Å²) in [6.07, 6.45) is -0.561. The number of amides is 2. The molecule has 0 radical (unpaired) electrons. The Morgan fingerprint density at radius 2 is 1.67 bits per heavy atom. The van der Waals surface area contributed by atoms with Gasteiger partial charge in [-0.15, -0.1) is 24.0 Å². The van der Waals surface area contributed by atoms with Crippen molar-refractivity contribution in [3.8, 4) is 0 Å². The van der Waals surface area contributed by atoms with Gasteiger partial charge in [-0.25, -0.2) is 23.0 Å². The summed E-state index contributed by atoms with van der Waals surface area (Å²) in [6, 6.07) is 1.63. The van der Waals surface area contributed by atoms with E-state index in [1.165, 1.54) is 0 Å². The first-order valence-electron chi connectivity index (χ1n) is 8.96. The quantitative estimate of drug-likeness (QED) is 0.139. The average Bonchev–Trinajstić information content (AvgIpc) is 2.62. The molecule has 0 spiro atoms. The first kappa shape index (κ1) is 27.8. The molecule has 0 bridgehead atoms. The number of halogens is 4. The second kappa shape index (κ2) is 13.1. The molecule has 1 rings (SSSR count). The molecule has 0 saturated heterocycles. The number of nitrogens with one attached hydrogen (secondary N) is 4. The van der Waals surface area contributed by atoms with Crippen molar-refractivity contribution in [3.05, 3.63) is 29.6 Å². The fraction of sp³-hybridized carbons (Fsp3) is 0.500. The topological polar surface area (TPSA) is 104 Å². The largest absolute Gasteiger partial charge is 0.444 e. The number of aliphatic imine (C=N–C) groups is 1. The van der Waals surface area contributed by atoms with Crippen LogP contribution in [0, 0.1) is 17.5 Å². The second-order valence-corrected chi connectivity index (χ2v) is 6.82. The van der Waals surface area contributed by atoms with E-state index < -0.39 is 47.3 Å². The standard InChI is InChI=1S/C18H26F3N5O3.HI/c1-5-22-16(23-8-9-24-17(28)29-18(2,3)4)25-10-13(27)26-12-7-6-11(19)14(20)15(12)21;/h6-7H,5,8-10H2,1-4H3,(H,24,28)(H,26,27)(H2,22,23,25);1H. The van der Waals surface area contributed by atoms with Crippen LogP contribution in [0.25, 0.3) is 0 Å². The second-order valence-electron chi connectivity index (χ2n) is 6.82. The van der Waals surface area contributed by atoms with E-state index in [2.05, 4.69) is 26.3 Å². The van der Waals surface area contributed by atoms with E-state index in [4.69, 9.17) is 4.74 Å². The minimum absolute atomic E-state index is 0. The van der Waals surface area contributed by atoms with Crippen molar-refractivity contribution in [2.75, 3.05) is 31.5 Å². The molecule has 0 atom stereocenters. The molecule has 0 aliphatic rings. The normalized spacial score (nSPS) is 11.2. The van der Waals surface area contributed by atoms with Crippen LogP contribution in [0.4, 0.5) is 23.7 Å². The molecule has 1 aromatic carbocycles. The maximum Gasteiger partial charge on any atom is 0.407 e. The van der Waals surface area contributed by atoms with Crippen molar-refractivity contribution in [2.45, 2.75) is 33.3 Å². The van der Waals surface area contributed by atoms with Crippen LogP contribution in [-0.2, 0) is 9.53 Å². The van der Waals surface area contributed by atoms with Gasteiger partial charge in [0.05, 0.1) is 5.69 Å². The minimum atomic E-state index is -1.67. The summed E-state index contributed by atoms with van der Waals surface area (Å²) in [7, 11) is 0. The highest BCUT2D eigenvalue weighted by molar-refractivity contribution is 14.0. The predicted octanol–water partition coefficient (Wildman–Crippen LogP) is 2.74. The number of ether oxygens (including phenoxy) is 1. The van der Waals surface area contributed by atoms with E-state index in [0.29, 0.717) is 19.2 Å². The zero-order valence-corrected chi connectivity index (χ0v) is 19.5. The van der Waals surface area contributed by atoms with Crippen molar-refractivity contribution >= 4 is 47.6 Å². The highest BCUT2D eigenvalue weighted by Crippen LogP contribution is 2.19. The Hall–Kier alpha value is -2.25. The number of rotatable bonds is 7. The number of guanidine groups is 1. The minimum Gasteiger partial charge on any atom is -0.444 e. The SMILES string of the molecule is CCNC(=NCC(=O)Nc1ccc(F)c(F)c1F)NCCNC(=O)OC(C)(C)C.I. The highest BCUT2D eigenvalue weighted by Gasteiger charge is 2.16. The van der Waals surface area contributed by atoms with Gasteiger partial charge in [-0.05, 0) is 39.8 Å². The number of anilines is 1. The molecule has 12 heteroatoms. The number of hydrogen-bond donors (Lipinski definition) is 4. The summed E-state index contributed by atoms with van der Waals surface area (Å²) in [6.45, 7) is 7.70. The Balaban J connectivity index is 0.00000841. The molecule has 0 aliphatic carbocycles. The van der Waals surface area contributed by atoms with Gasteiger partial charge in [-0.3, -0.25) is 4.79 Å². The Kier molecular flexibility index (Phi) is 12.1. The van der Waals surface area contributed by atoms with Crippen molar-refractivity contribution in [3.63, 3.8) is 0 Å². The molecule has 2 amide bonds. The van der Waals surface area contributed by atoms with Gasteiger partial charge in [-0.1, -0.05) is 0 Å². The van der Waals surface area contributed by atoms with Gasteiger partial charge >= 0.3 is 6.09 Å². The lowest BCUT2D eigenvalue weighted by molar-refractivity contribution is -0.114. The van der Waals surface area contributed by atoms with E-state index in [9.17, 15) is 22.8 Å². The summed E-state index contributed by atoms with van der Waals surface area (Å²) in [5.74, 6) is -4.95. The van der Waals surface area contributed by atoms with E-state index in [1.807, 2.05) is 6.92 Å². The molecule has 8 nitrogen and oxygen atoms in total. The van der Waals surface area contributed by atoms with Gasteiger partial charge in [0, 0.05) is 19.6 Å². The summed E-state index contributed by atoms with van der Waals surface area (Å²) in [5, 5.41) is 10.5. The maximum atomic E-state index is 13.6. The van der Waals surface area contributed by atoms with Crippen LogP contribution in [0.15, 0.2) is 17.1 Å². The zero-order valence-electron chi connectivity index (χ0n) is 17.2. The fourth-order valence-corrected chi connectivity index (χ4v) is 1.96. The number of carbonyl (C=O) groups is 2. The van der Waals surface area contributed by atoms with Crippen LogP contribution in [0.3, 0.4) is 0 Å². The molecular formula is C18H27F3IN5O3. The molecule has 0 saturated carbocycles. The van der Waals surface area contributed by atoms with Crippen LogP contribution in [-0.4, -0.2) is 49.7 Å². The summed E-state index contributed by atoms with van der Waals surface area (Å²) in [4.78, 5) is 27.4. The lowest BCUT2D eigenvalue weighted by atomic mass is 10.2. The molecule has 170 valence electrons. The monoisotopic (exact) mass is 545 g/mol. The molecule has 0 aromatic heterocycles. The third-order valence-electron chi connectivity index (χ3n) is 3.12. The highest BCUT2D eigenvalue weighted by atomic mass is 127. The van der Waals surface area contributed by atoms with Gasteiger partial charge in [-0.2, -0.15) is 0 Å². The Morgan fingerprint density at radius 3 is 2.27 bits per heavy atom. The number of carbonyl (C=O) groups excluding carboxylic acids is 2. The van der Waals surface area contributed by atoms with E-state index in [1.54, 1.807) is 20.8 Å². The van der Waals surface area contributed by atoms with Crippen LogP contribution in [0.1, 0.15) is 27.7 Å². The molecule has 0 heterocycles. The zero-order chi connectivity index (χ0) is 22.0. The van der Waals surface area contributed by atoms with Crippen LogP contribution in [0.2, 0.25) is 0 Å². The van der Waals surface area contributed by atoms with Crippen molar-refractivity contribution in [1.82, 2.24) is 16.0 Å². The first-order chi connectivity index (χ1) is 13.5. The van der Waals surface area contributed by atoms with Gasteiger partial charge in [0.2, 0.25) is 5.91 Å². The molecule has 1 aromatic rings. The molecule has 0 aliphatic heterocycles. The molecule has 4 N–H and O–H groups in total. The van der Waals surface area contributed by atoms with Gasteiger partial charge in [0.25, 0.3) is 0 Å². The number of nitrogens with zero attached hydrogens (tertiary/aromatic N) is 1. The Morgan fingerprint density at radius 1 is 1.03 bits per heavy atom. The lowest BCUT2D eigenvalue weighted by Crippen LogP contribution is -2.42. The number of alkyl carbamates (subject to hydrolysis) is 1. The molecule has 0 fully saturated rings. The lowest BCUT2D eigenvalue weighted by Gasteiger charge is -2.19. The third kappa shape index (κ3) is 10.5. The van der Waals surface area contributed by atoms with Crippen LogP contribution >= 0.6 is 24.0 Å². The van der Waals surface area contributed by atoms with Gasteiger partial charge in [0.1, 0.15) is 12.1 Å². The van der Waals surface area contributed by atoms with Crippen molar-refractivity contribution in [2.24, 2.45) is 4.99 Å². The summed E-state index contributed by atoms with van der Waals surface area (Å²) in [5.41, 5.74) is -1.09. The number of hydrogen-bond acceptors (Lipinski definition) is 4. The predicted molar refractivity (Wildman–Crippen MR) is 119 cm³/mol. The Labute approximate surface area is 190 Å². The van der Waals surface area contributed by atoms with Crippen molar-refractivity contribution < 1.29 is 27.5 Å². The van der Waals surface area contributed by atoms with Gasteiger partial charge < -0.3 is 26.0 Å². The van der Waals surface area contributed by atoms with Crippen molar-refractivity contribution in [1.29, 1.82) is 0 Å². The average molecular weight is 545 g/mol. The smallest absolute Gasteiger partial charge is 0.407 e. The van der Waals surface area contributed by atoms with Crippen LogP contribution in [0.5, 0.6) is 0 Å². The van der Waals surface area contributed by atoms with Gasteiger partial charge in [0.15, 0.2) is 23.4 Å². The Bertz CT molecular complexity index is 757. The maximum absolute atomic E-state index is 13.6. The van der Waals surface area contributed by atoms with E-state index >= 15 is 0 Å². The fourth-order valence-electron chi connectivity index (χ4n) is 1.96. The first-order valence-corrected chi connectivity index (χ1v) is 8.96. The number of benzene rings is 1. The molecule has 0 unspecified atom stereocenters. The molecule has 30 heavy (non-hydrogen) atoms. The molecular weight excluding hydrogens is 518 g/mol. The van der Waals surface area contributed by atoms with E-state index in [0.717, 1.165) is 6.07 Å².